The van der Waals surface area contributed by atoms with E-state index in [0.29, 0.717) is 11.8 Å². The number of nitrogens with zero attached hydrogens (tertiary/aromatic N) is 5. The third-order valence-electron chi connectivity index (χ3n) is 5.23. The first kappa shape index (κ1) is 15.7. The van der Waals surface area contributed by atoms with Gasteiger partial charge in [-0.15, -0.1) is 0 Å². The summed E-state index contributed by atoms with van der Waals surface area (Å²) in [6.07, 6.45) is 6.35. The second-order valence-corrected chi connectivity index (χ2v) is 7.78. The van der Waals surface area contributed by atoms with Gasteiger partial charge in [-0.2, -0.15) is 4.37 Å². The maximum atomic E-state index is 12.3. The molecule has 0 unspecified atom stereocenters. The number of aromatic nitrogens is 4. The van der Waals surface area contributed by atoms with Gasteiger partial charge >= 0.3 is 0 Å². The molecule has 3 heterocycles. The highest BCUT2D eigenvalue weighted by atomic mass is 32.1. The van der Waals surface area contributed by atoms with Crippen LogP contribution in [0.25, 0.3) is 0 Å². The van der Waals surface area contributed by atoms with Crippen molar-refractivity contribution in [3.05, 3.63) is 33.8 Å². The van der Waals surface area contributed by atoms with Gasteiger partial charge in [-0.25, -0.2) is 9.97 Å². The van der Waals surface area contributed by atoms with Gasteiger partial charge in [0.15, 0.2) is 0 Å². The van der Waals surface area contributed by atoms with Gasteiger partial charge in [0.1, 0.15) is 5.82 Å². The molecule has 1 saturated heterocycles. The maximum Gasteiger partial charge on any atom is 0.256 e. The van der Waals surface area contributed by atoms with Crippen LogP contribution < -0.4 is 10.5 Å². The average Bonchev–Trinajstić information content (AvgIpc) is 3.33. The summed E-state index contributed by atoms with van der Waals surface area (Å²) in [4.78, 5) is 23.7. The number of hydrogen-bond donors (Lipinski definition) is 0. The largest absolute Gasteiger partial charge is 0.347 e. The summed E-state index contributed by atoms with van der Waals surface area (Å²) in [6.45, 7) is 6.51. The van der Waals surface area contributed by atoms with E-state index in [4.69, 9.17) is 4.98 Å². The highest BCUT2D eigenvalue weighted by Crippen LogP contribution is 2.40. The van der Waals surface area contributed by atoms with Crippen molar-refractivity contribution in [1.82, 2.24) is 18.9 Å². The number of anilines is 1. The van der Waals surface area contributed by atoms with E-state index >= 15 is 0 Å². The number of hydrogen-bond acceptors (Lipinski definition) is 6. The van der Waals surface area contributed by atoms with Crippen LogP contribution in [0.15, 0.2) is 11.1 Å². The molecular weight excluding hydrogens is 322 g/mol. The van der Waals surface area contributed by atoms with Gasteiger partial charge < -0.3 is 4.90 Å². The van der Waals surface area contributed by atoms with Crippen LogP contribution in [0.4, 0.5) is 5.13 Å². The normalized spacial score (nSPS) is 19.0. The van der Waals surface area contributed by atoms with Crippen molar-refractivity contribution < 1.29 is 0 Å². The number of piperidine rings is 1. The van der Waals surface area contributed by atoms with E-state index in [1.165, 1.54) is 24.4 Å². The molecule has 7 heteroatoms. The summed E-state index contributed by atoms with van der Waals surface area (Å²) in [5, 5.41) is 1.07. The predicted molar refractivity (Wildman–Crippen MR) is 94.8 cm³/mol. The fourth-order valence-corrected chi connectivity index (χ4v) is 4.05. The Balaban J connectivity index is 1.37. The van der Waals surface area contributed by atoms with Crippen LogP contribution in [0.3, 0.4) is 0 Å². The molecule has 1 aliphatic heterocycles. The lowest BCUT2D eigenvalue weighted by Gasteiger charge is -2.31. The summed E-state index contributed by atoms with van der Waals surface area (Å²) in [5.74, 6) is 2.19. The molecule has 2 aromatic rings. The van der Waals surface area contributed by atoms with Crippen LogP contribution in [0.2, 0.25) is 0 Å². The quantitative estimate of drug-likeness (QED) is 0.852. The minimum Gasteiger partial charge on any atom is -0.347 e. The van der Waals surface area contributed by atoms with Crippen molar-refractivity contribution in [2.75, 3.05) is 18.0 Å². The second-order valence-electron chi connectivity index (χ2n) is 7.05. The maximum absolute atomic E-state index is 12.3. The Hall–Kier alpha value is -1.76. The first-order valence-electron chi connectivity index (χ1n) is 8.73. The molecule has 2 fully saturated rings. The Morgan fingerprint density at radius 3 is 2.67 bits per heavy atom. The molecule has 6 nitrogen and oxygen atoms in total. The summed E-state index contributed by atoms with van der Waals surface area (Å²) < 4.78 is 6.28. The number of rotatable bonds is 4. The lowest BCUT2D eigenvalue weighted by Crippen LogP contribution is -2.36. The zero-order valence-corrected chi connectivity index (χ0v) is 15.1. The lowest BCUT2D eigenvalue weighted by molar-refractivity contribution is 0.350. The molecular formula is C17H23N5OS. The molecule has 24 heavy (non-hydrogen) atoms. The minimum atomic E-state index is 0.100. The van der Waals surface area contributed by atoms with E-state index in [2.05, 4.69) is 14.3 Å². The van der Waals surface area contributed by atoms with Crippen LogP contribution >= 0.6 is 11.5 Å². The average molecular weight is 345 g/mol. The smallest absolute Gasteiger partial charge is 0.256 e. The highest BCUT2D eigenvalue weighted by Gasteiger charge is 2.29. The first-order valence-corrected chi connectivity index (χ1v) is 9.50. The molecule has 0 N–H and O–H groups in total. The molecule has 1 saturated carbocycles. The Labute approximate surface area is 145 Å². The fraction of sp³-hybridized carbons (Fsp3) is 0.647. The summed E-state index contributed by atoms with van der Waals surface area (Å²) in [5.41, 5.74) is 1.69. The van der Waals surface area contributed by atoms with Gasteiger partial charge in [0.05, 0.1) is 6.33 Å². The van der Waals surface area contributed by atoms with Gasteiger partial charge in [-0.05, 0) is 45.4 Å². The van der Waals surface area contributed by atoms with E-state index in [1.54, 1.807) is 10.9 Å². The van der Waals surface area contributed by atoms with Crippen LogP contribution in [0.1, 0.15) is 48.7 Å². The van der Waals surface area contributed by atoms with E-state index < -0.39 is 0 Å². The molecule has 0 spiro atoms. The van der Waals surface area contributed by atoms with Crippen molar-refractivity contribution in [3.8, 4) is 0 Å². The molecule has 0 aromatic carbocycles. The zero-order valence-electron chi connectivity index (χ0n) is 14.2. The molecule has 2 aromatic heterocycles. The van der Waals surface area contributed by atoms with E-state index in [9.17, 15) is 4.79 Å². The minimum absolute atomic E-state index is 0.100. The second kappa shape index (κ2) is 6.27. The molecule has 0 radical (unpaired) electrons. The van der Waals surface area contributed by atoms with Gasteiger partial charge in [-0.3, -0.25) is 9.36 Å². The van der Waals surface area contributed by atoms with Crippen molar-refractivity contribution >= 4 is 16.7 Å². The van der Waals surface area contributed by atoms with Gasteiger partial charge in [0, 0.05) is 48.3 Å². The molecule has 4 rings (SSSR count). The molecule has 0 bridgehead atoms. The third-order valence-corrected chi connectivity index (χ3v) is 6.02. The first-order chi connectivity index (χ1) is 11.6. The molecule has 128 valence electrons. The predicted octanol–water partition coefficient (Wildman–Crippen LogP) is 2.51. The Kier molecular flexibility index (Phi) is 4.12. The van der Waals surface area contributed by atoms with Crippen LogP contribution in [0, 0.1) is 19.8 Å². The summed E-state index contributed by atoms with van der Waals surface area (Å²) in [7, 11) is 0. The van der Waals surface area contributed by atoms with Crippen molar-refractivity contribution in [1.29, 1.82) is 0 Å². The number of aryl methyl sites for hydroxylation is 1. The van der Waals surface area contributed by atoms with E-state index in [1.807, 2.05) is 13.8 Å². The van der Waals surface area contributed by atoms with Crippen LogP contribution in [-0.2, 0) is 6.54 Å². The van der Waals surface area contributed by atoms with Crippen molar-refractivity contribution in [2.24, 2.45) is 5.92 Å². The topological polar surface area (TPSA) is 63.9 Å². The molecule has 1 aliphatic carbocycles. The Morgan fingerprint density at radius 1 is 1.21 bits per heavy atom. The summed E-state index contributed by atoms with van der Waals surface area (Å²) >= 11 is 1.54. The molecule has 0 atom stereocenters. The molecule has 2 aliphatic rings. The highest BCUT2D eigenvalue weighted by molar-refractivity contribution is 7.09. The van der Waals surface area contributed by atoms with Gasteiger partial charge in [0.25, 0.3) is 5.56 Å². The van der Waals surface area contributed by atoms with E-state index in [-0.39, 0.29) is 5.56 Å². The lowest BCUT2D eigenvalue weighted by atomic mass is 9.97. The Morgan fingerprint density at radius 2 is 1.96 bits per heavy atom. The van der Waals surface area contributed by atoms with Gasteiger partial charge in [-0.1, -0.05) is 0 Å². The summed E-state index contributed by atoms with van der Waals surface area (Å²) in [6, 6.07) is 0. The Bertz CT molecular complexity index is 787. The standard InChI is InChI=1S/C17H23N5OS/c1-11-12(2)18-10-22(16(11)23)9-13-5-7-21(8-6-13)17-19-15(20-24-17)14-3-4-14/h10,13-14H,3-9H2,1-2H3. The monoisotopic (exact) mass is 345 g/mol. The van der Waals surface area contributed by atoms with Crippen molar-refractivity contribution in [3.63, 3.8) is 0 Å². The SMILES string of the molecule is Cc1ncn(CC2CCN(c3nc(C4CC4)ns3)CC2)c(=O)c1C. The van der Waals surface area contributed by atoms with Gasteiger partial charge in [0.2, 0.25) is 5.13 Å². The fourth-order valence-electron chi connectivity index (χ4n) is 3.25. The van der Waals surface area contributed by atoms with Crippen molar-refractivity contribution in [2.45, 2.75) is 52.0 Å². The van der Waals surface area contributed by atoms with Crippen LogP contribution in [-0.4, -0.2) is 32.0 Å². The zero-order chi connectivity index (χ0) is 16.7. The third kappa shape index (κ3) is 3.09. The van der Waals surface area contributed by atoms with E-state index in [0.717, 1.165) is 54.7 Å². The molecule has 0 amide bonds. The van der Waals surface area contributed by atoms with Crippen LogP contribution in [0.5, 0.6) is 0 Å².